The second-order valence-corrected chi connectivity index (χ2v) is 8.53. The van der Waals surface area contributed by atoms with Gasteiger partial charge >= 0.3 is 0 Å². The van der Waals surface area contributed by atoms with Gasteiger partial charge in [0.2, 0.25) is 5.91 Å². The highest BCUT2D eigenvalue weighted by Crippen LogP contribution is 2.24. The number of aromatic nitrogens is 2. The van der Waals surface area contributed by atoms with Gasteiger partial charge in [0.05, 0.1) is 12.1 Å². The van der Waals surface area contributed by atoms with Crippen molar-refractivity contribution in [1.82, 2.24) is 19.2 Å². The Hall–Kier alpha value is -2.96. The molecule has 0 saturated carbocycles. The van der Waals surface area contributed by atoms with Crippen LogP contribution in [0.2, 0.25) is 0 Å². The molecule has 6 heteroatoms. The summed E-state index contributed by atoms with van der Waals surface area (Å²) >= 11 is 1.59. The molecule has 1 fully saturated rings. The first-order valence-corrected chi connectivity index (χ1v) is 11.2. The monoisotopic (exact) mass is 416 g/mol. The summed E-state index contributed by atoms with van der Waals surface area (Å²) in [6, 6.07) is 20.7. The van der Waals surface area contributed by atoms with Gasteiger partial charge in [-0.25, -0.2) is 4.98 Å². The summed E-state index contributed by atoms with van der Waals surface area (Å²) in [5.74, 6) is 0.198. The van der Waals surface area contributed by atoms with Crippen LogP contribution in [0, 0.1) is 0 Å². The van der Waals surface area contributed by atoms with Gasteiger partial charge in [0.15, 0.2) is 4.96 Å². The average Bonchev–Trinajstić information content (AvgIpc) is 3.38. The zero-order valence-electron chi connectivity index (χ0n) is 16.8. The zero-order chi connectivity index (χ0) is 20.3. The molecule has 0 bridgehead atoms. The highest BCUT2D eigenvalue weighted by atomic mass is 32.1. The molecule has 0 aliphatic carbocycles. The molecule has 0 unspecified atom stereocenters. The standard InChI is InChI=1S/C24H24N4OS/c29-23(27-13-11-26(12-14-27)16-19-7-3-1-4-8-19)15-21-18-30-24-25-22(17-28(21)24)20-9-5-2-6-10-20/h1-10,17-18H,11-16H2. The van der Waals surface area contributed by atoms with Crippen LogP contribution < -0.4 is 0 Å². The summed E-state index contributed by atoms with van der Waals surface area (Å²) in [6.45, 7) is 4.37. The highest BCUT2D eigenvalue weighted by molar-refractivity contribution is 7.15. The minimum Gasteiger partial charge on any atom is -0.340 e. The quantitative estimate of drug-likeness (QED) is 0.495. The fourth-order valence-electron chi connectivity index (χ4n) is 3.97. The zero-order valence-corrected chi connectivity index (χ0v) is 17.6. The Labute approximate surface area is 180 Å². The van der Waals surface area contributed by atoms with Crippen LogP contribution >= 0.6 is 11.3 Å². The van der Waals surface area contributed by atoms with Crippen LogP contribution in [0.5, 0.6) is 0 Å². The Balaban J connectivity index is 1.22. The normalized spacial score (nSPS) is 15.0. The Kier molecular flexibility index (Phi) is 5.34. The van der Waals surface area contributed by atoms with E-state index < -0.39 is 0 Å². The minimum absolute atomic E-state index is 0.198. The van der Waals surface area contributed by atoms with Crippen LogP contribution in [0.15, 0.2) is 72.2 Å². The SMILES string of the molecule is O=C(Cc1csc2nc(-c3ccccc3)cn12)N1CCN(Cc2ccccc2)CC1. The molecule has 5 nitrogen and oxygen atoms in total. The first kappa shape index (κ1) is 19.0. The lowest BCUT2D eigenvalue weighted by atomic mass is 10.2. The first-order valence-electron chi connectivity index (χ1n) is 10.3. The maximum absolute atomic E-state index is 12.9. The predicted octanol–water partition coefficient (Wildman–Crippen LogP) is 3.95. The van der Waals surface area contributed by atoms with Crippen molar-refractivity contribution in [2.45, 2.75) is 13.0 Å². The molecule has 1 saturated heterocycles. The molecule has 4 aromatic rings. The van der Waals surface area contributed by atoms with Crippen molar-refractivity contribution in [1.29, 1.82) is 0 Å². The predicted molar refractivity (Wildman–Crippen MR) is 121 cm³/mol. The van der Waals surface area contributed by atoms with E-state index in [0.717, 1.165) is 54.6 Å². The molecule has 0 atom stereocenters. The molecule has 2 aromatic carbocycles. The largest absolute Gasteiger partial charge is 0.340 e. The topological polar surface area (TPSA) is 40.9 Å². The lowest BCUT2D eigenvalue weighted by molar-refractivity contribution is -0.132. The van der Waals surface area contributed by atoms with Crippen LogP contribution in [0.4, 0.5) is 0 Å². The maximum atomic E-state index is 12.9. The number of carbonyl (C=O) groups is 1. The number of fused-ring (bicyclic) bond motifs is 1. The number of imidazole rings is 1. The van der Waals surface area contributed by atoms with E-state index in [1.807, 2.05) is 35.4 Å². The van der Waals surface area contributed by atoms with E-state index in [4.69, 9.17) is 4.98 Å². The van der Waals surface area contributed by atoms with Crippen LogP contribution in [0.1, 0.15) is 11.3 Å². The minimum atomic E-state index is 0.198. The number of amides is 1. The van der Waals surface area contributed by atoms with Crippen molar-refractivity contribution in [3.63, 3.8) is 0 Å². The third kappa shape index (κ3) is 4.01. The van der Waals surface area contributed by atoms with E-state index in [1.165, 1.54) is 5.56 Å². The molecular formula is C24H24N4OS. The molecule has 2 aromatic heterocycles. The van der Waals surface area contributed by atoms with E-state index in [9.17, 15) is 4.79 Å². The van der Waals surface area contributed by atoms with Crippen LogP contribution in [-0.2, 0) is 17.8 Å². The van der Waals surface area contributed by atoms with E-state index >= 15 is 0 Å². The second kappa shape index (κ2) is 8.42. The number of hydrogen-bond acceptors (Lipinski definition) is 4. The summed E-state index contributed by atoms with van der Waals surface area (Å²) < 4.78 is 2.07. The van der Waals surface area contributed by atoms with Crippen LogP contribution in [-0.4, -0.2) is 51.3 Å². The van der Waals surface area contributed by atoms with Crippen LogP contribution in [0.3, 0.4) is 0 Å². The summed E-state index contributed by atoms with van der Waals surface area (Å²) in [7, 11) is 0. The van der Waals surface area contributed by atoms with E-state index in [0.29, 0.717) is 6.42 Å². The Morgan fingerprint density at radius 3 is 2.37 bits per heavy atom. The number of rotatable bonds is 5. The molecule has 0 N–H and O–H groups in total. The molecule has 1 aliphatic heterocycles. The van der Waals surface area contributed by atoms with Crippen molar-refractivity contribution >= 4 is 22.2 Å². The Morgan fingerprint density at radius 2 is 1.63 bits per heavy atom. The Bertz CT molecular complexity index is 1130. The van der Waals surface area contributed by atoms with Crippen molar-refractivity contribution in [3.05, 3.63) is 83.5 Å². The Morgan fingerprint density at radius 1 is 0.933 bits per heavy atom. The summed E-state index contributed by atoms with van der Waals surface area (Å²) in [5, 5.41) is 2.06. The van der Waals surface area contributed by atoms with Gasteiger partial charge in [0.25, 0.3) is 0 Å². The van der Waals surface area contributed by atoms with Gasteiger partial charge in [0, 0.05) is 55.6 Å². The summed E-state index contributed by atoms with van der Waals surface area (Å²) in [4.78, 5) is 23.0. The summed E-state index contributed by atoms with van der Waals surface area (Å²) in [6.07, 6.45) is 2.46. The number of thiazole rings is 1. The molecule has 0 radical (unpaired) electrons. The lowest BCUT2D eigenvalue weighted by Gasteiger charge is -2.34. The molecule has 30 heavy (non-hydrogen) atoms. The lowest BCUT2D eigenvalue weighted by Crippen LogP contribution is -2.48. The van der Waals surface area contributed by atoms with Crippen molar-refractivity contribution < 1.29 is 4.79 Å². The van der Waals surface area contributed by atoms with Gasteiger partial charge < -0.3 is 4.90 Å². The van der Waals surface area contributed by atoms with Crippen molar-refractivity contribution in [3.8, 4) is 11.3 Å². The fourth-order valence-corrected chi connectivity index (χ4v) is 4.84. The number of benzene rings is 2. The second-order valence-electron chi connectivity index (χ2n) is 7.69. The van der Waals surface area contributed by atoms with Gasteiger partial charge in [-0.2, -0.15) is 0 Å². The maximum Gasteiger partial charge on any atom is 0.228 e. The number of hydrogen-bond donors (Lipinski definition) is 0. The van der Waals surface area contributed by atoms with Gasteiger partial charge in [0.1, 0.15) is 0 Å². The molecule has 152 valence electrons. The molecule has 5 rings (SSSR count). The molecular weight excluding hydrogens is 392 g/mol. The first-order chi connectivity index (χ1) is 14.8. The molecule has 1 aliphatic rings. The average molecular weight is 417 g/mol. The van der Waals surface area contributed by atoms with Gasteiger partial charge in [-0.1, -0.05) is 60.7 Å². The number of piperazine rings is 1. The van der Waals surface area contributed by atoms with Crippen molar-refractivity contribution in [2.75, 3.05) is 26.2 Å². The molecule has 3 heterocycles. The highest BCUT2D eigenvalue weighted by Gasteiger charge is 2.22. The third-order valence-electron chi connectivity index (χ3n) is 5.66. The van der Waals surface area contributed by atoms with Gasteiger partial charge in [-0.05, 0) is 5.56 Å². The van der Waals surface area contributed by atoms with E-state index in [-0.39, 0.29) is 5.91 Å². The number of nitrogens with zero attached hydrogens (tertiary/aromatic N) is 4. The molecule has 1 amide bonds. The fraction of sp³-hybridized carbons (Fsp3) is 0.250. The van der Waals surface area contributed by atoms with Crippen LogP contribution in [0.25, 0.3) is 16.2 Å². The van der Waals surface area contributed by atoms with E-state index in [2.05, 4.69) is 51.1 Å². The van der Waals surface area contributed by atoms with Gasteiger partial charge in [-0.3, -0.25) is 14.1 Å². The third-order valence-corrected chi connectivity index (χ3v) is 6.55. The van der Waals surface area contributed by atoms with Gasteiger partial charge in [-0.15, -0.1) is 11.3 Å². The number of carbonyl (C=O) groups excluding carboxylic acids is 1. The molecule has 0 spiro atoms. The smallest absolute Gasteiger partial charge is 0.228 e. The van der Waals surface area contributed by atoms with Crippen molar-refractivity contribution in [2.24, 2.45) is 0 Å². The summed E-state index contributed by atoms with van der Waals surface area (Å²) in [5.41, 5.74) is 4.39. The van der Waals surface area contributed by atoms with E-state index in [1.54, 1.807) is 11.3 Å².